The largest absolute Gasteiger partial charge is 0.493 e. The van der Waals surface area contributed by atoms with Crippen molar-refractivity contribution >= 4 is 0 Å². The molecule has 0 aliphatic heterocycles. The predicted octanol–water partition coefficient (Wildman–Crippen LogP) is 3.64. The summed E-state index contributed by atoms with van der Waals surface area (Å²) in [5.74, 6) is -0.171. The first kappa shape index (κ1) is 15.6. The fourth-order valence-electron chi connectivity index (χ4n) is 1.92. The number of alkyl halides is 3. The predicted molar refractivity (Wildman–Crippen MR) is 71.6 cm³/mol. The summed E-state index contributed by atoms with van der Waals surface area (Å²) < 4.78 is 44.4. The summed E-state index contributed by atoms with van der Waals surface area (Å²) in [7, 11) is 0. The molecule has 1 saturated carbocycles. The minimum Gasteiger partial charge on any atom is -0.493 e. The van der Waals surface area contributed by atoms with Crippen LogP contribution in [0.3, 0.4) is 0 Å². The average molecular weight is 298 g/mol. The van der Waals surface area contributed by atoms with Crippen molar-refractivity contribution in [3.63, 3.8) is 0 Å². The molecule has 114 valence electrons. The molecule has 21 heavy (non-hydrogen) atoms. The second-order valence-corrected chi connectivity index (χ2v) is 5.09. The van der Waals surface area contributed by atoms with Gasteiger partial charge in [0.05, 0.1) is 18.2 Å². The Bertz CT molecular complexity index is 519. The molecule has 1 aromatic carbocycles. The van der Waals surface area contributed by atoms with E-state index in [1.165, 1.54) is 6.07 Å². The summed E-state index contributed by atoms with van der Waals surface area (Å²) >= 11 is 0. The lowest BCUT2D eigenvalue weighted by Gasteiger charge is -2.15. The first-order valence-electron chi connectivity index (χ1n) is 6.94. The van der Waals surface area contributed by atoms with Gasteiger partial charge in [0.25, 0.3) is 0 Å². The van der Waals surface area contributed by atoms with Crippen molar-refractivity contribution in [3.8, 4) is 11.8 Å². The lowest BCUT2D eigenvalue weighted by atomic mass is 10.1. The third-order valence-corrected chi connectivity index (χ3v) is 3.21. The maximum absolute atomic E-state index is 13.1. The van der Waals surface area contributed by atoms with E-state index in [1.807, 2.05) is 6.07 Å². The molecule has 0 aromatic heterocycles. The maximum atomic E-state index is 13.1. The van der Waals surface area contributed by atoms with Crippen LogP contribution >= 0.6 is 0 Å². The molecule has 1 aliphatic carbocycles. The van der Waals surface area contributed by atoms with Crippen LogP contribution in [0.15, 0.2) is 18.2 Å². The number of ether oxygens (including phenoxy) is 1. The number of hydrogen-bond acceptors (Lipinski definition) is 3. The minimum absolute atomic E-state index is 0.107. The van der Waals surface area contributed by atoms with Crippen molar-refractivity contribution in [2.75, 3.05) is 6.61 Å². The summed E-state index contributed by atoms with van der Waals surface area (Å²) in [6, 6.07) is 6.51. The number of rotatable bonds is 7. The van der Waals surface area contributed by atoms with Crippen LogP contribution < -0.4 is 10.1 Å². The van der Waals surface area contributed by atoms with E-state index in [4.69, 9.17) is 10.00 Å². The second kappa shape index (κ2) is 6.81. The minimum atomic E-state index is -4.44. The van der Waals surface area contributed by atoms with Crippen molar-refractivity contribution in [3.05, 3.63) is 29.3 Å². The SMILES string of the molecule is N#CCCCOc1ccc(CNC2CC2)cc1C(F)(F)F. The van der Waals surface area contributed by atoms with Crippen LogP contribution in [0, 0.1) is 11.3 Å². The van der Waals surface area contributed by atoms with Crippen LogP contribution in [-0.2, 0) is 12.7 Å². The Morgan fingerprint density at radius 3 is 2.71 bits per heavy atom. The first-order valence-corrected chi connectivity index (χ1v) is 6.94. The molecule has 0 radical (unpaired) electrons. The summed E-state index contributed by atoms with van der Waals surface area (Å²) in [6.07, 6.45) is -1.58. The van der Waals surface area contributed by atoms with Crippen LogP contribution in [0.4, 0.5) is 13.2 Å². The smallest absolute Gasteiger partial charge is 0.419 e. The van der Waals surface area contributed by atoms with Crippen molar-refractivity contribution in [2.45, 2.75) is 44.4 Å². The van der Waals surface area contributed by atoms with Crippen LogP contribution in [-0.4, -0.2) is 12.6 Å². The summed E-state index contributed by atoms with van der Waals surface area (Å²) in [5.41, 5.74) is -0.159. The van der Waals surface area contributed by atoms with Gasteiger partial charge in [-0.2, -0.15) is 18.4 Å². The highest BCUT2D eigenvalue weighted by molar-refractivity contribution is 5.39. The molecule has 6 heteroatoms. The fraction of sp³-hybridized carbons (Fsp3) is 0.533. The number of hydrogen-bond donors (Lipinski definition) is 1. The highest BCUT2D eigenvalue weighted by atomic mass is 19.4. The van der Waals surface area contributed by atoms with Crippen molar-refractivity contribution in [1.29, 1.82) is 5.26 Å². The Balaban J connectivity index is 2.05. The van der Waals surface area contributed by atoms with Crippen LogP contribution in [0.1, 0.15) is 36.8 Å². The normalized spacial score (nSPS) is 14.8. The Labute approximate surface area is 121 Å². The summed E-state index contributed by atoms with van der Waals surface area (Å²) in [6.45, 7) is 0.540. The molecule has 1 aliphatic rings. The highest BCUT2D eigenvalue weighted by Gasteiger charge is 2.34. The van der Waals surface area contributed by atoms with E-state index in [0.717, 1.165) is 18.9 Å². The molecular weight excluding hydrogens is 281 g/mol. The molecule has 2 rings (SSSR count). The van der Waals surface area contributed by atoms with Crippen molar-refractivity contribution < 1.29 is 17.9 Å². The molecule has 3 nitrogen and oxygen atoms in total. The molecule has 0 spiro atoms. The van der Waals surface area contributed by atoms with Gasteiger partial charge in [-0.25, -0.2) is 0 Å². The van der Waals surface area contributed by atoms with Gasteiger partial charge >= 0.3 is 6.18 Å². The van der Waals surface area contributed by atoms with Gasteiger partial charge in [0.2, 0.25) is 0 Å². The lowest BCUT2D eigenvalue weighted by molar-refractivity contribution is -0.139. The van der Waals surface area contributed by atoms with Gasteiger partial charge in [-0.1, -0.05) is 6.07 Å². The van der Waals surface area contributed by atoms with E-state index in [-0.39, 0.29) is 18.8 Å². The van der Waals surface area contributed by atoms with E-state index >= 15 is 0 Å². The fourth-order valence-corrected chi connectivity index (χ4v) is 1.92. The Kier molecular flexibility index (Phi) is 5.07. The summed E-state index contributed by atoms with van der Waals surface area (Å²) in [5, 5.41) is 11.6. The van der Waals surface area contributed by atoms with Gasteiger partial charge in [-0.3, -0.25) is 0 Å². The van der Waals surface area contributed by atoms with Gasteiger partial charge in [0.1, 0.15) is 5.75 Å². The van der Waals surface area contributed by atoms with E-state index in [9.17, 15) is 13.2 Å². The topological polar surface area (TPSA) is 45.0 Å². The number of benzene rings is 1. The Hall–Kier alpha value is -1.74. The van der Waals surface area contributed by atoms with Crippen LogP contribution in [0.2, 0.25) is 0 Å². The van der Waals surface area contributed by atoms with Crippen LogP contribution in [0.25, 0.3) is 0 Å². The van der Waals surface area contributed by atoms with E-state index in [2.05, 4.69) is 5.32 Å². The second-order valence-electron chi connectivity index (χ2n) is 5.09. The maximum Gasteiger partial charge on any atom is 0.419 e. The molecule has 0 unspecified atom stereocenters. The lowest BCUT2D eigenvalue weighted by Crippen LogP contribution is -2.16. The van der Waals surface area contributed by atoms with E-state index in [0.29, 0.717) is 24.6 Å². The molecule has 0 bridgehead atoms. The zero-order valence-electron chi connectivity index (χ0n) is 11.5. The van der Waals surface area contributed by atoms with E-state index < -0.39 is 11.7 Å². The first-order chi connectivity index (χ1) is 10.0. The Morgan fingerprint density at radius 2 is 2.10 bits per heavy atom. The molecule has 0 saturated heterocycles. The van der Waals surface area contributed by atoms with Gasteiger partial charge in [0.15, 0.2) is 0 Å². The molecule has 1 fully saturated rings. The average Bonchev–Trinajstić information content (AvgIpc) is 3.25. The zero-order chi connectivity index (χ0) is 15.3. The number of unbranched alkanes of at least 4 members (excludes halogenated alkanes) is 1. The summed E-state index contributed by atoms with van der Waals surface area (Å²) in [4.78, 5) is 0. The van der Waals surface area contributed by atoms with Crippen molar-refractivity contribution in [2.24, 2.45) is 0 Å². The van der Waals surface area contributed by atoms with Crippen molar-refractivity contribution in [1.82, 2.24) is 5.32 Å². The van der Waals surface area contributed by atoms with Gasteiger partial charge in [0, 0.05) is 19.0 Å². The van der Waals surface area contributed by atoms with Crippen LogP contribution in [0.5, 0.6) is 5.75 Å². The van der Waals surface area contributed by atoms with E-state index in [1.54, 1.807) is 6.07 Å². The molecular formula is C15H17F3N2O. The quantitative estimate of drug-likeness (QED) is 0.782. The monoisotopic (exact) mass is 298 g/mol. The third kappa shape index (κ3) is 4.94. The number of nitrogens with zero attached hydrogens (tertiary/aromatic N) is 1. The number of halogens is 3. The highest BCUT2D eigenvalue weighted by Crippen LogP contribution is 2.37. The third-order valence-electron chi connectivity index (χ3n) is 3.21. The van der Waals surface area contributed by atoms with Gasteiger partial charge < -0.3 is 10.1 Å². The number of nitrogens with one attached hydrogen (secondary N) is 1. The molecule has 0 heterocycles. The molecule has 1 aromatic rings. The standard InChI is InChI=1S/C15H17F3N2O/c16-15(17,18)13-9-11(10-20-12-4-5-12)3-6-14(13)21-8-2-1-7-19/h3,6,9,12,20H,1-2,4-5,8,10H2. The zero-order valence-corrected chi connectivity index (χ0v) is 11.5. The Morgan fingerprint density at radius 1 is 1.33 bits per heavy atom. The molecule has 0 atom stereocenters. The van der Waals surface area contributed by atoms with Gasteiger partial charge in [-0.15, -0.1) is 0 Å². The van der Waals surface area contributed by atoms with Gasteiger partial charge in [-0.05, 0) is 37.0 Å². The molecule has 0 amide bonds. The number of nitriles is 1. The molecule has 1 N–H and O–H groups in total.